The monoisotopic (exact) mass is 503 g/mol. The SMILES string of the molecule is O=C1CCCN1CCCc1ccc(C(=Nc2ccc(-c3cnc[nH]3)cc2)c2c(O)[nH]c3ccccc23)cc1. The molecule has 1 saturated heterocycles. The minimum absolute atomic E-state index is 0.0957. The number of amides is 1. The molecule has 3 N–H and O–H groups in total. The van der Waals surface area contributed by atoms with Gasteiger partial charge in [-0.15, -0.1) is 0 Å². The summed E-state index contributed by atoms with van der Waals surface area (Å²) in [5.41, 5.74) is 7.12. The van der Waals surface area contributed by atoms with E-state index in [1.807, 2.05) is 53.4 Å². The fourth-order valence-electron chi connectivity index (χ4n) is 5.13. The van der Waals surface area contributed by atoms with Crippen LogP contribution in [0.3, 0.4) is 0 Å². The van der Waals surface area contributed by atoms with Crippen LogP contribution in [-0.4, -0.2) is 49.7 Å². The molecule has 1 amide bonds. The molecule has 5 aromatic rings. The third kappa shape index (κ3) is 4.83. The Bertz CT molecular complexity index is 1580. The second kappa shape index (κ2) is 10.4. The van der Waals surface area contributed by atoms with Gasteiger partial charge >= 0.3 is 0 Å². The summed E-state index contributed by atoms with van der Waals surface area (Å²) < 4.78 is 0. The van der Waals surface area contributed by atoms with Crippen LogP contribution in [0.2, 0.25) is 0 Å². The highest BCUT2D eigenvalue weighted by atomic mass is 16.3. The van der Waals surface area contributed by atoms with Gasteiger partial charge in [-0.1, -0.05) is 54.6 Å². The van der Waals surface area contributed by atoms with E-state index in [9.17, 15) is 9.90 Å². The highest BCUT2D eigenvalue weighted by Crippen LogP contribution is 2.32. The zero-order valence-corrected chi connectivity index (χ0v) is 21.0. The maximum Gasteiger partial charge on any atom is 0.222 e. The molecule has 0 saturated carbocycles. The van der Waals surface area contributed by atoms with Crippen molar-refractivity contribution in [3.8, 4) is 17.1 Å². The topological polar surface area (TPSA) is 97.4 Å². The van der Waals surface area contributed by atoms with Gasteiger partial charge < -0.3 is 20.0 Å². The van der Waals surface area contributed by atoms with Crippen LogP contribution >= 0.6 is 0 Å². The van der Waals surface area contributed by atoms with Gasteiger partial charge in [0.2, 0.25) is 5.91 Å². The lowest BCUT2D eigenvalue weighted by molar-refractivity contribution is -0.127. The zero-order valence-electron chi connectivity index (χ0n) is 21.0. The standard InChI is InChI=1S/C31H29N5O2/c37-28-8-4-18-36(28)17-3-5-21-9-11-23(12-10-21)30(29-25-6-1-2-7-26(25)35-31(29)38)34-24-15-13-22(14-16-24)27-19-32-20-33-27/h1-2,6-7,9-16,19-20,35,38H,3-5,8,17-18H2,(H,32,33). The number of H-pyrrole nitrogens is 2. The molecule has 7 nitrogen and oxygen atoms in total. The van der Waals surface area contributed by atoms with Crippen LogP contribution < -0.4 is 0 Å². The second-order valence-electron chi connectivity index (χ2n) is 9.65. The molecule has 7 heteroatoms. The first-order chi connectivity index (χ1) is 18.7. The lowest BCUT2D eigenvalue weighted by Gasteiger charge is -2.15. The summed E-state index contributed by atoms with van der Waals surface area (Å²) in [5, 5.41) is 11.8. The van der Waals surface area contributed by atoms with Gasteiger partial charge in [-0.2, -0.15) is 0 Å². The van der Waals surface area contributed by atoms with Crippen LogP contribution in [0.4, 0.5) is 5.69 Å². The molecule has 3 heterocycles. The number of carbonyl (C=O) groups is 1. The summed E-state index contributed by atoms with van der Waals surface area (Å²) in [5.74, 6) is 0.371. The van der Waals surface area contributed by atoms with E-state index in [4.69, 9.17) is 4.99 Å². The fraction of sp³-hybridized carbons (Fsp3) is 0.194. The number of para-hydroxylation sites is 1. The number of imidazole rings is 1. The highest BCUT2D eigenvalue weighted by molar-refractivity contribution is 6.21. The molecule has 0 radical (unpaired) electrons. The predicted molar refractivity (Wildman–Crippen MR) is 150 cm³/mol. The van der Waals surface area contributed by atoms with Gasteiger partial charge in [-0.05, 0) is 48.6 Å². The number of nitrogens with one attached hydrogen (secondary N) is 2. The number of hydrogen-bond donors (Lipinski definition) is 3. The largest absolute Gasteiger partial charge is 0.494 e. The number of hydrogen-bond acceptors (Lipinski definition) is 4. The van der Waals surface area contributed by atoms with Crippen molar-refractivity contribution in [1.29, 1.82) is 0 Å². The van der Waals surface area contributed by atoms with Crippen molar-refractivity contribution >= 4 is 28.2 Å². The minimum atomic E-state index is 0.0957. The van der Waals surface area contributed by atoms with E-state index in [2.05, 4.69) is 39.2 Å². The number of fused-ring (bicyclic) bond motifs is 1. The number of rotatable bonds is 8. The van der Waals surface area contributed by atoms with Crippen LogP contribution in [0.5, 0.6) is 5.88 Å². The summed E-state index contributed by atoms with van der Waals surface area (Å²) in [7, 11) is 0. The van der Waals surface area contributed by atoms with Crippen LogP contribution in [0.15, 0.2) is 90.3 Å². The minimum Gasteiger partial charge on any atom is -0.494 e. The van der Waals surface area contributed by atoms with Crippen molar-refractivity contribution in [3.63, 3.8) is 0 Å². The lowest BCUT2D eigenvalue weighted by Crippen LogP contribution is -2.25. The molecule has 2 aromatic heterocycles. The van der Waals surface area contributed by atoms with Crippen molar-refractivity contribution in [1.82, 2.24) is 19.9 Å². The molecule has 0 bridgehead atoms. The number of aryl methyl sites for hydroxylation is 1. The van der Waals surface area contributed by atoms with Gasteiger partial charge in [0.1, 0.15) is 0 Å². The van der Waals surface area contributed by atoms with Crippen molar-refractivity contribution < 1.29 is 9.90 Å². The molecule has 1 fully saturated rings. The van der Waals surface area contributed by atoms with Gasteiger partial charge in [0.25, 0.3) is 0 Å². The van der Waals surface area contributed by atoms with Crippen molar-refractivity contribution in [3.05, 3.63) is 102 Å². The summed E-state index contributed by atoms with van der Waals surface area (Å²) in [6.07, 6.45) is 6.96. The van der Waals surface area contributed by atoms with Crippen molar-refractivity contribution in [2.45, 2.75) is 25.7 Å². The Balaban J connectivity index is 1.31. The van der Waals surface area contributed by atoms with E-state index in [1.54, 1.807) is 12.5 Å². The number of benzene rings is 3. The molecule has 3 aromatic carbocycles. The van der Waals surface area contributed by atoms with E-state index < -0.39 is 0 Å². The molecular formula is C31H29N5O2. The van der Waals surface area contributed by atoms with Gasteiger partial charge in [0.05, 0.1) is 35.2 Å². The molecule has 0 spiro atoms. The van der Waals surface area contributed by atoms with E-state index in [1.165, 1.54) is 5.56 Å². The van der Waals surface area contributed by atoms with Gasteiger partial charge in [-0.25, -0.2) is 9.98 Å². The second-order valence-corrected chi connectivity index (χ2v) is 9.65. The maximum absolute atomic E-state index is 11.9. The molecule has 38 heavy (non-hydrogen) atoms. The average molecular weight is 504 g/mol. The summed E-state index contributed by atoms with van der Waals surface area (Å²) in [4.78, 5) is 29.2. The van der Waals surface area contributed by atoms with E-state index >= 15 is 0 Å². The zero-order chi connectivity index (χ0) is 25.9. The number of aromatic hydroxyl groups is 1. The Morgan fingerprint density at radius 1 is 1.03 bits per heavy atom. The third-order valence-corrected chi connectivity index (χ3v) is 7.13. The van der Waals surface area contributed by atoms with E-state index in [0.29, 0.717) is 17.7 Å². The average Bonchev–Trinajstić information content (AvgIpc) is 3.69. The number of aliphatic imine (C=N–C) groups is 1. The number of aromatic nitrogens is 3. The molecule has 1 aliphatic heterocycles. The predicted octanol–water partition coefficient (Wildman–Crippen LogP) is 5.99. The number of nitrogens with zero attached hydrogens (tertiary/aromatic N) is 3. The number of aromatic amines is 2. The number of likely N-dealkylation sites (tertiary alicyclic amines) is 1. The van der Waals surface area contributed by atoms with Crippen molar-refractivity contribution in [2.75, 3.05) is 13.1 Å². The Morgan fingerprint density at radius 2 is 1.84 bits per heavy atom. The first-order valence-corrected chi connectivity index (χ1v) is 13.0. The quantitative estimate of drug-likeness (QED) is 0.227. The summed E-state index contributed by atoms with van der Waals surface area (Å²) in [6, 6.07) is 24.2. The lowest BCUT2D eigenvalue weighted by atomic mass is 9.98. The first-order valence-electron chi connectivity index (χ1n) is 13.0. The van der Waals surface area contributed by atoms with Gasteiger partial charge in [0, 0.05) is 36.0 Å². The molecule has 0 atom stereocenters. The van der Waals surface area contributed by atoms with Crippen LogP contribution in [-0.2, 0) is 11.2 Å². The first kappa shape index (κ1) is 23.7. The normalized spacial score (nSPS) is 14.1. The molecule has 0 aliphatic carbocycles. The van der Waals surface area contributed by atoms with Crippen LogP contribution in [0, 0.1) is 0 Å². The fourth-order valence-corrected chi connectivity index (χ4v) is 5.13. The van der Waals surface area contributed by atoms with Crippen LogP contribution in [0.1, 0.15) is 36.0 Å². The Hall–Kier alpha value is -4.65. The molecule has 1 aliphatic rings. The van der Waals surface area contributed by atoms with E-state index in [0.717, 1.165) is 65.8 Å². The molecule has 190 valence electrons. The third-order valence-electron chi connectivity index (χ3n) is 7.13. The van der Waals surface area contributed by atoms with E-state index in [-0.39, 0.29) is 11.8 Å². The Morgan fingerprint density at radius 3 is 2.58 bits per heavy atom. The Kier molecular flexibility index (Phi) is 6.48. The van der Waals surface area contributed by atoms with Gasteiger partial charge in [0.15, 0.2) is 5.88 Å². The molecule has 6 rings (SSSR count). The Labute approximate surface area is 220 Å². The molecule has 0 unspecified atom stereocenters. The maximum atomic E-state index is 11.9. The van der Waals surface area contributed by atoms with Crippen molar-refractivity contribution in [2.24, 2.45) is 4.99 Å². The summed E-state index contributed by atoms with van der Waals surface area (Å²) >= 11 is 0. The van der Waals surface area contributed by atoms with Gasteiger partial charge in [-0.3, -0.25) is 4.79 Å². The molecular weight excluding hydrogens is 474 g/mol. The highest BCUT2D eigenvalue weighted by Gasteiger charge is 2.20. The van der Waals surface area contributed by atoms with Crippen LogP contribution in [0.25, 0.3) is 22.2 Å². The number of carbonyl (C=O) groups excluding carboxylic acids is 1. The smallest absolute Gasteiger partial charge is 0.222 e. The summed E-state index contributed by atoms with van der Waals surface area (Å²) in [6.45, 7) is 1.69.